The number of nitriles is 1. The monoisotopic (exact) mass is 285 g/mol. The molecule has 0 spiro atoms. The number of hydrogen-bond donors (Lipinski definition) is 0. The van der Waals surface area contributed by atoms with Gasteiger partial charge in [0.1, 0.15) is 0 Å². The summed E-state index contributed by atoms with van der Waals surface area (Å²) in [5.74, 6) is 0. The fraction of sp³-hybridized carbons (Fsp3) is 0.133. The van der Waals surface area contributed by atoms with Crippen LogP contribution in [0.3, 0.4) is 0 Å². The van der Waals surface area contributed by atoms with Gasteiger partial charge in [-0.1, -0.05) is 46.3 Å². The van der Waals surface area contributed by atoms with Crippen LogP contribution in [-0.4, -0.2) is 0 Å². The maximum absolute atomic E-state index is 9.04. The van der Waals surface area contributed by atoms with E-state index in [4.69, 9.17) is 5.26 Å². The van der Waals surface area contributed by atoms with E-state index in [0.717, 1.165) is 28.4 Å². The van der Waals surface area contributed by atoms with Gasteiger partial charge < -0.3 is 0 Å². The van der Waals surface area contributed by atoms with Crippen molar-refractivity contribution in [3.05, 3.63) is 69.7 Å². The summed E-state index contributed by atoms with van der Waals surface area (Å²) in [5.41, 5.74) is 3.17. The number of aryl methyl sites for hydroxylation is 2. The topological polar surface area (TPSA) is 23.8 Å². The molecule has 0 unspecified atom stereocenters. The molecule has 0 radical (unpaired) electrons. The van der Waals surface area contributed by atoms with Crippen LogP contribution in [0.15, 0.2) is 53.0 Å². The molecule has 0 saturated carbocycles. The van der Waals surface area contributed by atoms with Gasteiger partial charge in [-0.2, -0.15) is 5.26 Å². The van der Waals surface area contributed by atoms with Crippen molar-refractivity contribution in [3.8, 4) is 6.07 Å². The highest BCUT2D eigenvalue weighted by molar-refractivity contribution is 9.10. The molecule has 0 fully saturated rings. The second-order valence-electron chi connectivity index (χ2n) is 3.90. The highest BCUT2D eigenvalue weighted by atomic mass is 79.9. The minimum atomic E-state index is 0.768. The van der Waals surface area contributed by atoms with E-state index < -0.39 is 0 Å². The van der Waals surface area contributed by atoms with Crippen molar-refractivity contribution in [1.82, 2.24) is 0 Å². The molecule has 0 aliphatic heterocycles. The van der Waals surface area contributed by atoms with E-state index in [0.29, 0.717) is 0 Å². The van der Waals surface area contributed by atoms with Crippen LogP contribution < -0.4 is 0 Å². The molecular weight excluding hydrogens is 274 g/mol. The van der Waals surface area contributed by atoms with E-state index in [1.165, 1.54) is 5.56 Å². The minimum Gasteiger partial charge on any atom is -0.192 e. The molecule has 2 aromatic carbocycles. The summed E-state index contributed by atoms with van der Waals surface area (Å²) in [4.78, 5) is 0. The van der Waals surface area contributed by atoms with E-state index in [1.54, 1.807) is 0 Å². The Kier molecular flexibility index (Phi) is 3.95. The lowest BCUT2D eigenvalue weighted by Crippen LogP contribution is -1.94. The summed E-state index contributed by atoms with van der Waals surface area (Å²) in [6, 6.07) is 18.4. The van der Waals surface area contributed by atoms with E-state index in [-0.39, 0.29) is 0 Å². The molecule has 0 bridgehead atoms. The largest absolute Gasteiger partial charge is 0.192 e. The van der Waals surface area contributed by atoms with Gasteiger partial charge in [-0.25, -0.2) is 0 Å². The Balaban J connectivity index is 2.14. The zero-order valence-electron chi connectivity index (χ0n) is 9.36. The Morgan fingerprint density at radius 1 is 1.00 bits per heavy atom. The van der Waals surface area contributed by atoms with E-state index in [9.17, 15) is 0 Å². The summed E-state index contributed by atoms with van der Waals surface area (Å²) < 4.78 is 1.03. The van der Waals surface area contributed by atoms with Gasteiger partial charge in [0.2, 0.25) is 0 Å². The third-order valence-corrected chi connectivity index (χ3v) is 3.21. The van der Waals surface area contributed by atoms with Gasteiger partial charge in [-0.05, 0) is 42.2 Å². The Hall–Kier alpha value is -1.59. The number of halogens is 1. The van der Waals surface area contributed by atoms with Crippen molar-refractivity contribution in [3.63, 3.8) is 0 Å². The van der Waals surface area contributed by atoms with Crippen molar-refractivity contribution < 1.29 is 0 Å². The van der Waals surface area contributed by atoms with Crippen LogP contribution in [0.4, 0.5) is 0 Å². The predicted octanol–water partition coefficient (Wildman–Crippen LogP) is 4.11. The van der Waals surface area contributed by atoms with Crippen LogP contribution in [0.5, 0.6) is 0 Å². The van der Waals surface area contributed by atoms with E-state index in [1.807, 2.05) is 36.4 Å². The summed E-state index contributed by atoms with van der Waals surface area (Å²) in [6.45, 7) is 0. The Morgan fingerprint density at radius 3 is 2.47 bits per heavy atom. The highest BCUT2D eigenvalue weighted by Gasteiger charge is 2.03. The Labute approximate surface area is 110 Å². The van der Waals surface area contributed by atoms with Crippen LogP contribution in [0.2, 0.25) is 0 Å². The molecule has 0 aliphatic carbocycles. The van der Waals surface area contributed by atoms with Gasteiger partial charge in [0.05, 0.1) is 11.6 Å². The van der Waals surface area contributed by atoms with Crippen molar-refractivity contribution in [2.24, 2.45) is 0 Å². The molecule has 0 atom stereocenters. The van der Waals surface area contributed by atoms with Gasteiger partial charge >= 0.3 is 0 Å². The molecule has 17 heavy (non-hydrogen) atoms. The fourth-order valence-electron chi connectivity index (χ4n) is 1.80. The molecule has 0 aromatic heterocycles. The van der Waals surface area contributed by atoms with Crippen molar-refractivity contribution >= 4 is 15.9 Å². The Bertz CT molecular complexity index is 541. The van der Waals surface area contributed by atoms with Crippen molar-refractivity contribution in [1.29, 1.82) is 5.26 Å². The van der Waals surface area contributed by atoms with Gasteiger partial charge in [-0.15, -0.1) is 0 Å². The van der Waals surface area contributed by atoms with Crippen LogP contribution >= 0.6 is 15.9 Å². The lowest BCUT2D eigenvalue weighted by Gasteiger charge is -2.05. The minimum absolute atomic E-state index is 0.768. The number of rotatable bonds is 3. The lowest BCUT2D eigenvalue weighted by atomic mass is 10.0. The summed E-state index contributed by atoms with van der Waals surface area (Å²) in [7, 11) is 0. The molecule has 0 saturated heterocycles. The van der Waals surface area contributed by atoms with Gasteiger partial charge in [0.25, 0.3) is 0 Å². The first-order chi connectivity index (χ1) is 8.29. The fourth-order valence-corrected chi connectivity index (χ4v) is 2.21. The Morgan fingerprint density at radius 2 is 1.76 bits per heavy atom. The van der Waals surface area contributed by atoms with Crippen LogP contribution in [-0.2, 0) is 12.8 Å². The molecule has 2 aromatic rings. The predicted molar refractivity (Wildman–Crippen MR) is 72.7 cm³/mol. The first-order valence-electron chi connectivity index (χ1n) is 5.52. The van der Waals surface area contributed by atoms with Crippen LogP contribution in [0.25, 0.3) is 0 Å². The van der Waals surface area contributed by atoms with E-state index in [2.05, 4.69) is 34.1 Å². The highest BCUT2D eigenvalue weighted by Crippen LogP contribution is 2.18. The molecule has 2 rings (SSSR count). The van der Waals surface area contributed by atoms with Gasteiger partial charge in [0.15, 0.2) is 0 Å². The number of hydrogen-bond acceptors (Lipinski definition) is 1. The van der Waals surface area contributed by atoms with Crippen LogP contribution in [0.1, 0.15) is 16.7 Å². The third kappa shape index (κ3) is 3.18. The van der Waals surface area contributed by atoms with Crippen molar-refractivity contribution in [2.45, 2.75) is 12.8 Å². The summed E-state index contributed by atoms with van der Waals surface area (Å²) in [6.07, 6.45) is 1.86. The SMILES string of the molecule is N#Cc1ccc(Br)cc1CCc1ccccc1. The second kappa shape index (κ2) is 5.65. The molecule has 1 nitrogen and oxygen atoms in total. The average molecular weight is 286 g/mol. The molecule has 0 N–H and O–H groups in total. The number of benzene rings is 2. The standard InChI is InChI=1S/C15H12BrN/c16-15-9-8-14(11-17)13(10-15)7-6-12-4-2-1-3-5-12/h1-5,8-10H,6-7H2. The zero-order chi connectivity index (χ0) is 12.1. The first-order valence-corrected chi connectivity index (χ1v) is 6.31. The number of nitrogens with zero attached hydrogens (tertiary/aromatic N) is 1. The quantitative estimate of drug-likeness (QED) is 0.833. The van der Waals surface area contributed by atoms with Gasteiger partial charge in [-0.3, -0.25) is 0 Å². The zero-order valence-corrected chi connectivity index (χ0v) is 10.9. The molecular formula is C15H12BrN. The smallest absolute Gasteiger partial charge is 0.0994 e. The maximum atomic E-state index is 9.04. The van der Waals surface area contributed by atoms with Crippen molar-refractivity contribution in [2.75, 3.05) is 0 Å². The normalized spacial score (nSPS) is 9.88. The molecule has 0 heterocycles. The molecule has 0 amide bonds. The maximum Gasteiger partial charge on any atom is 0.0994 e. The molecule has 0 aliphatic rings. The first kappa shape index (κ1) is 11.9. The lowest BCUT2D eigenvalue weighted by molar-refractivity contribution is 0.955. The summed E-state index contributed by atoms with van der Waals surface area (Å²) in [5, 5.41) is 9.04. The van der Waals surface area contributed by atoms with Crippen LogP contribution in [0, 0.1) is 11.3 Å². The van der Waals surface area contributed by atoms with E-state index >= 15 is 0 Å². The van der Waals surface area contributed by atoms with Gasteiger partial charge in [0, 0.05) is 4.47 Å². The molecule has 84 valence electrons. The second-order valence-corrected chi connectivity index (χ2v) is 4.81. The average Bonchev–Trinajstić information content (AvgIpc) is 2.38. The third-order valence-electron chi connectivity index (χ3n) is 2.71. The molecule has 2 heteroatoms. The summed E-state index contributed by atoms with van der Waals surface area (Å²) >= 11 is 3.44.